The fourth-order valence-corrected chi connectivity index (χ4v) is 3.53. The average molecular weight is 425 g/mol. The fraction of sp³-hybridized carbons (Fsp3) is 0.0833. The minimum atomic E-state index is -1.61. The van der Waals surface area contributed by atoms with E-state index >= 15 is 0 Å². The molecule has 8 nitrogen and oxygen atoms in total. The first-order valence-corrected chi connectivity index (χ1v) is 9.59. The summed E-state index contributed by atoms with van der Waals surface area (Å²) >= 11 is 0. The van der Waals surface area contributed by atoms with Gasteiger partial charge in [-0.3, -0.25) is 19.4 Å². The Morgan fingerprint density at radius 3 is 2.44 bits per heavy atom. The lowest BCUT2D eigenvalue weighted by Gasteiger charge is -2.21. The van der Waals surface area contributed by atoms with E-state index < -0.39 is 35.5 Å². The van der Waals surface area contributed by atoms with Crippen LogP contribution >= 0.6 is 0 Å². The molecule has 8 heteroatoms. The van der Waals surface area contributed by atoms with Crippen molar-refractivity contribution in [3.05, 3.63) is 95.3 Å². The van der Waals surface area contributed by atoms with Gasteiger partial charge in [0.25, 0.3) is 5.91 Å². The van der Waals surface area contributed by atoms with E-state index in [0.29, 0.717) is 5.56 Å². The van der Waals surface area contributed by atoms with E-state index in [0.717, 1.165) is 0 Å². The van der Waals surface area contributed by atoms with Gasteiger partial charge in [0.1, 0.15) is 18.1 Å². The molecule has 2 aromatic carbocycles. The molecule has 2 atom stereocenters. The lowest BCUT2D eigenvalue weighted by Crippen LogP contribution is -2.38. The summed E-state index contributed by atoms with van der Waals surface area (Å²) < 4.78 is 5.37. The third-order valence-corrected chi connectivity index (χ3v) is 5.07. The Bertz CT molecular complexity index is 1280. The number of esters is 1. The van der Waals surface area contributed by atoms with Gasteiger partial charge in [-0.15, -0.1) is 0 Å². The summed E-state index contributed by atoms with van der Waals surface area (Å²) in [5, 5.41) is 11.6. The van der Waals surface area contributed by atoms with Gasteiger partial charge in [-0.25, -0.2) is 4.79 Å². The number of aromatic nitrogens is 1. The number of nitrogens with zero attached hydrogens (tertiary/aromatic N) is 2. The Hall–Kier alpha value is -4.64. The maximum atomic E-state index is 13.3. The van der Waals surface area contributed by atoms with Gasteiger partial charge in [-0.2, -0.15) is 5.26 Å². The molecule has 1 aromatic heterocycles. The van der Waals surface area contributed by atoms with E-state index in [9.17, 15) is 24.4 Å². The summed E-state index contributed by atoms with van der Waals surface area (Å²) in [5.74, 6) is -5.16. The molecule has 0 saturated carbocycles. The Balaban J connectivity index is 1.72. The summed E-state index contributed by atoms with van der Waals surface area (Å²) in [6.07, 6.45) is 1.50. The first-order valence-electron chi connectivity index (χ1n) is 9.59. The molecule has 1 aliphatic rings. The maximum Gasteiger partial charge on any atom is 0.339 e. The number of nitriles is 1. The summed E-state index contributed by atoms with van der Waals surface area (Å²) in [6, 6.07) is 17.3. The number of hydrogen-bond acceptors (Lipinski definition) is 7. The number of ketones is 2. The number of pyridine rings is 1. The van der Waals surface area contributed by atoms with E-state index in [-0.39, 0.29) is 22.4 Å². The van der Waals surface area contributed by atoms with Crippen molar-refractivity contribution in [3.63, 3.8) is 0 Å². The molecule has 1 aliphatic heterocycles. The highest BCUT2D eigenvalue weighted by molar-refractivity contribution is 6.45. The van der Waals surface area contributed by atoms with Crippen LogP contribution in [0.15, 0.2) is 73.1 Å². The summed E-state index contributed by atoms with van der Waals surface area (Å²) in [5.41, 5.74) is 1.01. The summed E-state index contributed by atoms with van der Waals surface area (Å²) in [7, 11) is 0. The number of para-hydroxylation sites is 1. The maximum absolute atomic E-state index is 13.3. The Morgan fingerprint density at radius 1 is 1.00 bits per heavy atom. The van der Waals surface area contributed by atoms with Crippen LogP contribution in [0.4, 0.5) is 5.69 Å². The second-order valence-corrected chi connectivity index (χ2v) is 6.97. The van der Waals surface area contributed by atoms with Crippen LogP contribution in [0.1, 0.15) is 37.9 Å². The highest BCUT2D eigenvalue weighted by Gasteiger charge is 2.46. The quantitative estimate of drug-likeness (QED) is 0.278. The Labute approximate surface area is 182 Å². The zero-order chi connectivity index (χ0) is 22.7. The van der Waals surface area contributed by atoms with Crippen molar-refractivity contribution < 1.29 is 23.9 Å². The van der Waals surface area contributed by atoms with Crippen LogP contribution in [0.25, 0.3) is 0 Å². The van der Waals surface area contributed by atoms with E-state index in [4.69, 9.17) is 4.74 Å². The zero-order valence-electron chi connectivity index (χ0n) is 16.5. The molecule has 0 bridgehead atoms. The van der Waals surface area contributed by atoms with Crippen molar-refractivity contribution in [2.75, 3.05) is 5.32 Å². The van der Waals surface area contributed by atoms with E-state index in [1.807, 2.05) is 6.07 Å². The van der Waals surface area contributed by atoms with Crippen molar-refractivity contribution >= 4 is 29.1 Å². The monoisotopic (exact) mass is 425 g/mol. The molecular formula is C24H15N3O5. The summed E-state index contributed by atoms with van der Waals surface area (Å²) in [6.45, 7) is 0. The SMILES string of the molecule is N#Cc1ccccc1NC(=O)C(=O)[C@H](C(=O)c1ccncc1)[C@H]1OC(=O)c2ccccc21. The first-order chi connectivity index (χ1) is 15.5. The normalized spacial score (nSPS) is 15.1. The van der Waals surface area contributed by atoms with Gasteiger partial charge in [0.2, 0.25) is 5.78 Å². The molecule has 0 radical (unpaired) electrons. The van der Waals surface area contributed by atoms with Crippen molar-refractivity contribution in [3.8, 4) is 6.07 Å². The standard InChI is InChI=1S/C24H15N3O5/c25-13-15-5-1-4-8-18(15)27-23(30)21(29)19(20(28)14-9-11-26-12-10-14)22-16-6-2-3-7-17(16)24(31)32-22/h1-12,19,22H,(H,27,30)/t19-,22-/m0/s1. The zero-order valence-corrected chi connectivity index (χ0v) is 16.5. The van der Waals surface area contributed by atoms with Gasteiger partial charge in [-0.05, 0) is 30.3 Å². The molecule has 0 unspecified atom stereocenters. The van der Waals surface area contributed by atoms with Gasteiger partial charge >= 0.3 is 5.97 Å². The van der Waals surface area contributed by atoms with Gasteiger partial charge in [0.15, 0.2) is 5.78 Å². The van der Waals surface area contributed by atoms with Crippen LogP contribution in [0.5, 0.6) is 0 Å². The smallest absolute Gasteiger partial charge is 0.339 e. The number of cyclic esters (lactones) is 1. The minimum Gasteiger partial charge on any atom is -0.453 e. The molecule has 3 aromatic rings. The molecule has 0 aliphatic carbocycles. The van der Waals surface area contributed by atoms with Crippen molar-refractivity contribution in [1.82, 2.24) is 4.98 Å². The van der Waals surface area contributed by atoms with Crippen LogP contribution in [0, 0.1) is 17.2 Å². The van der Waals surface area contributed by atoms with Crippen LogP contribution in [-0.2, 0) is 14.3 Å². The minimum absolute atomic E-state index is 0.132. The number of benzene rings is 2. The van der Waals surface area contributed by atoms with Crippen molar-refractivity contribution in [2.45, 2.75) is 6.10 Å². The van der Waals surface area contributed by atoms with Crippen LogP contribution < -0.4 is 5.32 Å². The number of carbonyl (C=O) groups is 4. The Kier molecular flexibility index (Phi) is 5.55. The topological polar surface area (TPSA) is 126 Å². The second kappa shape index (κ2) is 8.62. The lowest BCUT2D eigenvalue weighted by molar-refractivity contribution is -0.138. The average Bonchev–Trinajstić information content (AvgIpc) is 3.16. The molecular weight excluding hydrogens is 410 g/mol. The molecule has 0 fully saturated rings. The highest BCUT2D eigenvalue weighted by Crippen LogP contribution is 2.38. The molecule has 2 heterocycles. The molecule has 32 heavy (non-hydrogen) atoms. The number of hydrogen-bond donors (Lipinski definition) is 1. The van der Waals surface area contributed by atoms with Gasteiger partial charge < -0.3 is 10.1 Å². The van der Waals surface area contributed by atoms with Crippen molar-refractivity contribution in [2.24, 2.45) is 5.92 Å². The third-order valence-electron chi connectivity index (χ3n) is 5.07. The van der Waals surface area contributed by atoms with E-state index in [1.165, 1.54) is 42.7 Å². The van der Waals surface area contributed by atoms with Crippen LogP contribution in [0.2, 0.25) is 0 Å². The van der Waals surface area contributed by atoms with Gasteiger partial charge in [-0.1, -0.05) is 30.3 Å². The predicted octanol–water partition coefficient (Wildman–Crippen LogP) is 2.87. The molecule has 1 N–H and O–H groups in total. The first kappa shape index (κ1) is 20.6. The lowest BCUT2D eigenvalue weighted by atomic mass is 9.85. The number of Topliss-reactive ketones (excluding diaryl/α,β-unsaturated/α-hetero) is 2. The van der Waals surface area contributed by atoms with Crippen molar-refractivity contribution in [1.29, 1.82) is 5.26 Å². The van der Waals surface area contributed by atoms with Gasteiger partial charge in [0.05, 0.1) is 16.8 Å². The van der Waals surface area contributed by atoms with E-state index in [1.54, 1.807) is 30.3 Å². The number of amides is 1. The number of rotatable bonds is 6. The Morgan fingerprint density at radius 2 is 1.69 bits per heavy atom. The number of fused-ring (bicyclic) bond motifs is 1. The predicted molar refractivity (Wildman–Crippen MR) is 111 cm³/mol. The van der Waals surface area contributed by atoms with Gasteiger partial charge in [0, 0.05) is 23.5 Å². The largest absolute Gasteiger partial charge is 0.453 e. The number of ether oxygens (including phenoxy) is 1. The fourth-order valence-electron chi connectivity index (χ4n) is 3.53. The molecule has 1 amide bonds. The molecule has 0 saturated heterocycles. The number of anilines is 1. The number of nitrogens with one attached hydrogen (secondary N) is 1. The second-order valence-electron chi connectivity index (χ2n) is 6.97. The molecule has 4 rings (SSSR count). The third kappa shape index (κ3) is 3.75. The molecule has 156 valence electrons. The highest BCUT2D eigenvalue weighted by atomic mass is 16.5. The van der Waals surface area contributed by atoms with Crippen LogP contribution in [-0.4, -0.2) is 28.4 Å². The molecule has 0 spiro atoms. The van der Waals surface area contributed by atoms with E-state index in [2.05, 4.69) is 10.3 Å². The summed E-state index contributed by atoms with van der Waals surface area (Å²) in [4.78, 5) is 55.5. The van der Waals surface area contributed by atoms with Crippen LogP contribution in [0.3, 0.4) is 0 Å². The number of carbonyl (C=O) groups excluding carboxylic acids is 4.